The van der Waals surface area contributed by atoms with Crippen LogP contribution in [0.2, 0.25) is 0 Å². The van der Waals surface area contributed by atoms with Crippen LogP contribution in [0.1, 0.15) is 18.4 Å². The van der Waals surface area contributed by atoms with E-state index in [0.717, 1.165) is 30.6 Å². The van der Waals surface area contributed by atoms with E-state index in [0.29, 0.717) is 13.1 Å². The normalized spacial score (nSPS) is 17.5. The zero-order chi connectivity index (χ0) is 16.9. The van der Waals surface area contributed by atoms with Crippen LogP contribution in [0.15, 0.2) is 47.4 Å². The van der Waals surface area contributed by atoms with Gasteiger partial charge in [-0.15, -0.1) is 0 Å². The molecule has 24 heavy (non-hydrogen) atoms. The molecule has 0 saturated carbocycles. The Balaban J connectivity index is 1.74. The van der Waals surface area contributed by atoms with Crippen LogP contribution in [-0.2, 0) is 11.3 Å². The van der Waals surface area contributed by atoms with Gasteiger partial charge in [-0.25, -0.2) is 4.68 Å². The Morgan fingerprint density at radius 2 is 2.12 bits per heavy atom. The second kappa shape index (κ2) is 7.29. The van der Waals surface area contributed by atoms with Crippen LogP contribution in [0.25, 0.3) is 0 Å². The molecule has 1 N–H and O–H groups in total. The standard InChI is InChI=1S/C18H22N4O2/c1-19-18(24)15-8-5-9-21(13-15)16-10-17(23)22(20-11-16)12-14-6-3-2-4-7-14/h2-4,6-7,10-11,15H,5,8-9,12-13H2,1H3,(H,19,24)/t15-/m0/s1. The Labute approximate surface area is 141 Å². The van der Waals surface area contributed by atoms with Gasteiger partial charge >= 0.3 is 0 Å². The second-order valence-corrected chi connectivity index (χ2v) is 6.09. The summed E-state index contributed by atoms with van der Waals surface area (Å²) in [5, 5.41) is 7.01. The van der Waals surface area contributed by atoms with Gasteiger partial charge in [0.15, 0.2) is 0 Å². The highest BCUT2D eigenvalue weighted by Crippen LogP contribution is 2.21. The number of anilines is 1. The average molecular weight is 326 g/mol. The Morgan fingerprint density at radius 3 is 2.83 bits per heavy atom. The first-order chi connectivity index (χ1) is 11.7. The van der Waals surface area contributed by atoms with Crippen LogP contribution in [0.3, 0.4) is 0 Å². The number of rotatable bonds is 4. The molecule has 0 spiro atoms. The maximum absolute atomic E-state index is 12.4. The maximum Gasteiger partial charge on any atom is 0.269 e. The zero-order valence-electron chi connectivity index (χ0n) is 13.8. The van der Waals surface area contributed by atoms with Crippen molar-refractivity contribution in [1.29, 1.82) is 0 Å². The van der Waals surface area contributed by atoms with Gasteiger partial charge in [0, 0.05) is 26.2 Å². The number of amides is 1. The van der Waals surface area contributed by atoms with Crippen LogP contribution in [-0.4, -0.2) is 35.8 Å². The molecule has 0 aliphatic carbocycles. The molecule has 3 rings (SSSR count). The van der Waals surface area contributed by atoms with Crippen LogP contribution in [0.4, 0.5) is 5.69 Å². The lowest BCUT2D eigenvalue weighted by Gasteiger charge is -2.33. The van der Waals surface area contributed by atoms with E-state index in [2.05, 4.69) is 15.3 Å². The molecule has 6 nitrogen and oxygen atoms in total. The maximum atomic E-state index is 12.4. The van der Waals surface area contributed by atoms with Gasteiger partial charge in [-0.2, -0.15) is 5.10 Å². The van der Waals surface area contributed by atoms with Crippen molar-refractivity contribution < 1.29 is 4.79 Å². The van der Waals surface area contributed by atoms with Crippen molar-refractivity contribution in [2.24, 2.45) is 5.92 Å². The third-order valence-corrected chi connectivity index (χ3v) is 4.43. The molecule has 1 saturated heterocycles. The van der Waals surface area contributed by atoms with Crippen LogP contribution >= 0.6 is 0 Å². The number of hydrogen-bond acceptors (Lipinski definition) is 4. The molecule has 1 aliphatic heterocycles. The first-order valence-corrected chi connectivity index (χ1v) is 8.25. The van der Waals surface area contributed by atoms with E-state index in [1.807, 2.05) is 30.3 Å². The summed E-state index contributed by atoms with van der Waals surface area (Å²) in [5.41, 5.74) is 1.70. The predicted molar refractivity (Wildman–Crippen MR) is 93.0 cm³/mol. The highest BCUT2D eigenvalue weighted by atomic mass is 16.2. The van der Waals surface area contributed by atoms with Gasteiger partial charge in [0.1, 0.15) is 0 Å². The minimum Gasteiger partial charge on any atom is -0.369 e. The van der Waals surface area contributed by atoms with Gasteiger partial charge < -0.3 is 10.2 Å². The lowest BCUT2D eigenvalue weighted by atomic mass is 9.97. The molecule has 2 aromatic rings. The summed E-state index contributed by atoms with van der Waals surface area (Å²) < 4.78 is 1.46. The summed E-state index contributed by atoms with van der Waals surface area (Å²) in [6, 6.07) is 11.4. The lowest BCUT2D eigenvalue weighted by molar-refractivity contribution is -0.124. The Morgan fingerprint density at radius 1 is 1.33 bits per heavy atom. The van der Waals surface area contributed by atoms with Gasteiger partial charge in [0.2, 0.25) is 5.91 Å². The highest BCUT2D eigenvalue weighted by Gasteiger charge is 2.25. The number of aromatic nitrogens is 2. The fraction of sp³-hybridized carbons (Fsp3) is 0.389. The van der Waals surface area contributed by atoms with Crippen molar-refractivity contribution in [2.75, 3.05) is 25.0 Å². The number of nitrogens with zero attached hydrogens (tertiary/aromatic N) is 3. The predicted octanol–water partition coefficient (Wildman–Crippen LogP) is 1.25. The van der Waals surface area contributed by atoms with E-state index < -0.39 is 0 Å². The average Bonchev–Trinajstić information content (AvgIpc) is 2.63. The van der Waals surface area contributed by atoms with E-state index in [1.165, 1.54) is 4.68 Å². The molecule has 1 fully saturated rings. The monoisotopic (exact) mass is 326 g/mol. The van der Waals surface area contributed by atoms with Crippen molar-refractivity contribution in [3.05, 3.63) is 58.5 Å². The van der Waals surface area contributed by atoms with Crippen molar-refractivity contribution >= 4 is 11.6 Å². The van der Waals surface area contributed by atoms with E-state index in [1.54, 1.807) is 19.3 Å². The highest BCUT2D eigenvalue weighted by molar-refractivity contribution is 5.79. The van der Waals surface area contributed by atoms with Gasteiger partial charge in [-0.05, 0) is 18.4 Å². The first kappa shape index (κ1) is 16.2. The molecule has 0 unspecified atom stereocenters. The summed E-state index contributed by atoms with van der Waals surface area (Å²) in [5.74, 6) is 0.0283. The molecule has 0 bridgehead atoms. The van der Waals surface area contributed by atoms with E-state index >= 15 is 0 Å². The molecular formula is C18H22N4O2. The fourth-order valence-electron chi connectivity index (χ4n) is 3.10. The van der Waals surface area contributed by atoms with Crippen molar-refractivity contribution in [3.63, 3.8) is 0 Å². The summed E-state index contributed by atoms with van der Waals surface area (Å²) >= 11 is 0. The summed E-state index contributed by atoms with van der Waals surface area (Å²) in [4.78, 5) is 26.3. The number of benzene rings is 1. The van der Waals surface area contributed by atoms with E-state index in [-0.39, 0.29) is 17.4 Å². The molecule has 2 heterocycles. The Bertz CT molecular complexity index is 757. The molecule has 1 atom stereocenters. The number of piperidine rings is 1. The van der Waals surface area contributed by atoms with Gasteiger partial charge in [0.25, 0.3) is 5.56 Å². The number of hydrogen-bond donors (Lipinski definition) is 1. The quantitative estimate of drug-likeness (QED) is 0.918. The van der Waals surface area contributed by atoms with E-state index in [4.69, 9.17) is 0 Å². The van der Waals surface area contributed by atoms with Crippen molar-refractivity contribution in [3.8, 4) is 0 Å². The van der Waals surface area contributed by atoms with Gasteiger partial charge in [-0.1, -0.05) is 30.3 Å². The second-order valence-electron chi connectivity index (χ2n) is 6.09. The summed E-state index contributed by atoms with van der Waals surface area (Å²) in [6.45, 7) is 1.93. The molecule has 6 heteroatoms. The minimum absolute atomic E-state index is 0.0319. The fourth-order valence-corrected chi connectivity index (χ4v) is 3.10. The lowest BCUT2D eigenvalue weighted by Crippen LogP contribution is -2.42. The van der Waals surface area contributed by atoms with Gasteiger partial charge in [0.05, 0.1) is 24.3 Å². The Kier molecular flexibility index (Phi) is 4.93. The van der Waals surface area contributed by atoms with Crippen molar-refractivity contribution in [2.45, 2.75) is 19.4 Å². The zero-order valence-corrected chi connectivity index (χ0v) is 13.8. The molecule has 1 aliphatic rings. The minimum atomic E-state index is -0.126. The number of nitrogens with one attached hydrogen (secondary N) is 1. The molecule has 1 aromatic carbocycles. The van der Waals surface area contributed by atoms with Crippen LogP contribution in [0.5, 0.6) is 0 Å². The third kappa shape index (κ3) is 3.64. The molecule has 126 valence electrons. The number of carbonyl (C=O) groups is 1. The molecule has 1 aromatic heterocycles. The van der Waals surface area contributed by atoms with Crippen LogP contribution in [0, 0.1) is 5.92 Å². The topological polar surface area (TPSA) is 67.2 Å². The van der Waals surface area contributed by atoms with Gasteiger partial charge in [-0.3, -0.25) is 9.59 Å². The first-order valence-electron chi connectivity index (χ1n) is 8.25. The molecule has 1 amide bonds. The largest absolute Gasteiger partial charge is 0.369 e. The summed E-state index contributed by atoms with van der Waals surface area (Å²) in [7, 11) is 1.66. The number of carbonyl (C=O) groups excluding carboxylic acids is 1. The molecule has 0 radical (unpaired) electrons. The Hall–Kier alpha value is -2.63. The summed E-state index contributed by atoms with van der Waals surface area (Å²) in [6.07, 6.45) is 3.54. The van der Waals surface area contributed by atoms with E-state index in [9.17, 15) is 9.59 Å². The SMILES string of the molecule is CNC(=O)[C@H]1CCCN(c2cnn(Cc3ccccc3)c(=O)c2)C1. The van der Waals surface area contributed by atoms with Crippen molar-refractivity contribution in [1.82, 2.24) is 15.1 Å². The smallest absolute Gasteiger partial charge is 0.269 e. The third-order valence-electron chi connectivity index (χ3n) is 4.43. The molecular weight excluding hydrogens is 304 g/mol. The van der Waals surface area contributed by atoms with Crippen LogP contribution < -0.4 is 15.8 Å².